The molecule has 1 unspecified atom stereocenters. The summed E-state index contributed by atoms with van der Waals surface area (Å²) in [6.07, 6.45) is 4.09. The molecule has 1 aliphatic rings. The van der Waals surface area contributed by atoms with Crippen molar-refractivity contribution in [3.8, 4) is 0 Å². The van der Waals surface area contributed by atoms with Gasteiger partial charge < -0.3 is 10.5 Å². The molecule has 1 atom stereocenters. The topological polar surface area (TPSA) is 35.2 Å². The highest BCUT2D eigenvalue weighted by Crippen LogP contribution is 2.33. The van der Waals surface area contributed by atoms with Crippen LogP contribution in [0, 0.1) is 11.7 Å². The molecule has 0 aliphatic heterocycles. The SMILES string of the molecule is CCOC1CC(CC(N)Cc2ccc(Cl)cc2F)C1. The first kappa shape index (κ1) is 14.8. The Labute approximate surface area is 119 Å². The molecule has 0 heterocycles. The molecule has 19 heavy (non-hydrogen) atoms. The van der Waals surface area contributed by atoms with Crippen molar-refractivity contribution in [2.24, 2.45) is 11.7 Å². The van der Waals surface area contributed by atoms with Gasteiger partial charge in [-0.05, 0) is 56.2 Å². The Morgan fingerprint density at radius 2 is 2.21 bits per heavy atom. The zero-order valence-corrected chi connectivity index (χ0v) is 12.0. The minimum Gasteiger partial charge on any atom is -0.378 e. The number of ether oxygens (including phenoxy) is 1. The Hall–Kier alpha value is -0.640. The number of hydrogen-bond acceptors (Lipinski definition) is 2. The third-order valence-corrected chi connectivity index (χ3v) is 3.96. The summed E-state index contributed by atoms with van der Waals surface area (Å²) in [7, 11) is 0. The molecule has 0 spiro atoms. The third-order valence-electron chi connectivity index (χ3n) is 3.73. The largest absolute Gasteiger partial charge is 0.378 e. The van der Waals surface area contributed by atoms with Gasteiger partial charge in [0, 0.05) is 17.7 Å². The Kier molecular flexibility index (Phi) is 5.20. The van der Waals surface area contributed by atoms with E-state index in [0.717, 1.165) is 25.9 Å². The second-order valence-corrected chi connectivity index (χ2v) is 5.79. The monoisotopic (exact) mass is 285 g/mol. The molecule has 1 aromatic rings. The van der Waals surface area contributed by atoms with Gasteiger partial charge in [0.15, 0.2) is 0 Å². The minimum atomic E-state index is -0.260. The van der Waals surface area contributed by atoms with E-state index in [1.54, 1.807) is 12.1 Å². The number of halogens is 2. The summed E-state index contributed by atoms with van der Waals surface area (Å²) < 4.78 is 19.2. The summed E-state index contributed by atoms with van der Waals surface area (Å²) in [5, 5.41) is 0.424. The normalized spacial score (nSPS) is 24.0. The first-order chi connectivity index (χ1) is 9.08. The fourth-order valence-corrected chi connectivity index (χ4v) is 2.88. The van der Waals surface area contributed by atoms with E-state index in [2.05, 4.69) is 0 Å². The Morgan fingerprint density at radius 3 is 2.84 bits per heavy atom. The maximum atomic E-state index is 13.6. The van der Waals surface area contributed by atoms with Crippen molar-refractivity contribution in [2.75, 3.05) is 6.61 Å². The lowest BCUT2D eigenvalue weighted by molar-refractivity contribution is -0.0281. The van der Waals surface area contributed by atoms with Crippen molar-refractivity contribution >= 4 is 11.6 Å². The van der Waals surface area contributed by atoms with Crippen LogP contribution in [0.5, 0.6) is 0 Å². The van der Waals surface area contributed by atoms with Crippen molar-refractivity contribution in [1.82, 2.24) is 0 Å². The molecular formula is C15H21ClFNO. The van der Waals surface area contributed by atoms with E-state index < -0.39 is 0 Å². The molecule has 0 amide bonds. The van der Waals surface area contributed by atoms with Crippen LogP contribution in [0.4, 0.5) is 4.39 Å². The van der Waals surface area contributed by atoms with Crippen LogP contribution in [0.25, 0.3) is 0 Å². The van der Waals surface area contributed by atoms with E-state index in [9.17, 15) is 4.39 Å². The fraction of sp³-hybridized carbons (Fsp3) is 0.600. The molecule has 1 fully saturated rings. The standard InChI is InChI=1S/C15H21ClFNO/c1-2-19-14-6-10(7-14)5-13(18)8-11-3-4-12(16)9-15(11)17/h3-4,9-10,13-14H,2,5-8,18H2,1H3. The molecule has 1 saturated carbocycles. The van der Waals surface area contributed by atoms with Gasteiger partial charge in [-0.1, -0.05) is 17.7 Å². The van der Waals surface area contributed by atoms with Crippen LogP contribution < -0.4 is 5.73 Å². The lowest BCUT2D eigenvalue weighted by Gasteiger charge is -2.36. The van der Waals surface area contributed by atoms with E-state index in [-0.39, 0.29) is 11.9 Å². The van der Waals surface area contributed by atoms with Crippen molar-refractivity contribution in [1.29, 1.82) is 0 Å². The molecule has 1 aliphatic carbocycles. The highest BCUT2D eigenvalue weighted by atomic mass is 35.5. The second kappa shape index (κ2) is 6.69. The molecular weight excluding hydrogens is 265 g/mol. The van der Waals surface area contributed by atoms with Gasteiger partial charge in [-0.15, -0.1) is 0 Å². The zero-order valence-electron chi connectivity index (χ0n) is 11.2. The van der Waals surface area contributed by atoms with Crippen LogP contribution in [-0.2, 0) is 11.2 Å². The van der Waals surface area contributed by atoms with Gasteiger partial charge in [0.25, 0.3) is 0 Å². The quantitative estimate of drug-likeness (QED) is 0.867. The van der Waals surface area contributed by atoms with Gasteiger partial charge in [0.2, 0.25) is 0 Å². The van der Waals surface area contributed by atoms with Gasteiger partial charge in [-0.3, -0.25) is 0 Å². The first-order valence-corrected chi connectivity index (χ1v) is 7.27. The average Bonchev–Trinajstić information content (AvgIpc) is 2.30. The maximum absolute atomic E-state index is 13.6. The molecule has 2 N–H and O–H groups in total. The van der Waals surface area contributed by atoms with E-state index in [1.165, 1.54) is 6.07 Å². The average molecular weight is 286 g/mol. The summed E-state index contributed by atoms with van der Waals surface area (Å²) in [6.45, 7) is 2.79. The molecule has 1 aromatic carbocycles. The van der Waals surface area contributed by atoms with Crippen molar-refractivity contribution < 1.29 is 9.13 Å². The highest BCUT2D eigenvalue weighted by molar-refractivity contribution is 6.30. The Morgan fingerprint density at radius 1 is 1.47 bits per heavy atom. The number of hydrogen-bond donors (Lipinski definition) is 1. The maximum Gasteiger partial charge on any atom is 0.127 e. The summed E-state index contributed by atoms with van der Waals surface area (Å²) in [5.74, 6) is 0.366. The van der Waals surface area contributed by atoms with Gasteiger partial charge in [-0.25, -0.2) is 4.39 Å². The van der Waals surface area contributed by atoms with Gasteiger partial charge in [-0.2, -0.15) is 0 Å². The molecule has 0 saturated heterocycles. The Balaban J connectivity index is 1.77. The summed E-state index contributed by atoms with van der Waals surface area (Å²) >= 11 is 5.73. The molecule has 2 rings (SSSR count). The lowest BCUT2D eigenvalue weighted by atomic mass is 9.77. The van der Waals surface area contributed by atoms with Crippen molar-refractivity contribution in [2.45, 2.75) is 44.8 Å². The van der Waals surface area contributed by atoms with Crippen LogP contribution in [0.15, 0.2) is 18.2 Å². The second-order valence-electron chi connectivity index (χ2n) is 5.35. The van der Waals surface area contributed by atoms with Crippen molar-refractivity contribution in [3.05, 3.63) is 34.6 Å². The predicted molar refractivity (Wildman–Crippen MR) is 75.8 cm³/mol. The molecule has 0 radical (unpaired) electrons. The van der Waals surface area contributed by atoms with Crippen LogP contribution in [0.1, 0.15) is 31.7 Å². The molecule has 4 heteroatoms. The van der Waals surface area contributed by atoms with Crippen LogP contribution >= 0.6 is 11.6 Å². The van der Waals surface area contributed by atoms with Gasteiger partial charge in [0.1, 0.15) is 5.82 Å². The summed E-state index contributed by atoms with van der Waals surface area (Å²) in [4.78, 5) is 0. The molecule has 0 aromatic heterocycles. The van der Waals surface area contributed by atoms with Crippen LogP contribution in [0.2, 0.25) is 5.02 Å². The zero-order chi connectivity index (χ0) is 13.8. The highest BCUT2D eigenvalue weighted by Gasteiger charge is 2.30. The lowest BCUT2D eigenvalue weighted by Crippen LogP contribution is -2.36. The summed E-state index contributed by atoms with van der Waals surface area (Å²) in [6, 6.07) is 4.78. The molecule has 106 valence electrons. The smallest absolute Gasteiger partial charge is 0.127 e. The van der Waals surface area contributed by atoms with E-state index in [1.807, 2.05) is 6.92 Å². The molecule has 0 bridgehead atoms. The van der Waals surface area contributed by atoms with Crippen LogP contribution in [0.3, 0.4) is 0 Å². The van der Waals surface area contributed by atoms with Crippen molar-refractivity contribution in [3.63, 3.8) is 0 Å². The Bertz CT molecular complexity index is 421. The predicted octanol–water partition coefficient (Wildman–Crippen LogP) is 3.55. The number of benzene rings is 1. The first-order valence-electron chi connectivity index (χ1n) is 6.89. The minimum absolute atomic E-state index is 0.00301. The number of rotatable bonds is 6. The summed E-state index contributed by atoms with van der Waals surface area (Å²) in [5.41, 5.74) is 6.75. The third kappa shape index (κ3) is 4.16. The van der Waals surface area contributed by atoms with E-state index in [4.69, 9.17) is 22.1 Å². The number of nitrogens with two attached hydrogens (primary N) is 1. The molecule has 2 nitrogen and oxygen atoms in total. The van der Waals surface area contributed by atoms with E-state index in [0.29, 0.717) is 29.0 Å². The van der Waals surface area contributed by atoms with Gasteiger partial charge in [0.05, 0.1) is 6.10 Å². The van der Waals surface area contributed by atoms with Gasteiger partial charge >= 0.3 is 0 Å². The van der Waals surface area contributed by atoms with E-state index >= 15 is 0 Å². The van der Waals surface area contributed by atoms with Crippen LogP contribution in [-0.4, -0.2) is 18.8 Å². The fourth-order valence-electron chi connectivity index (χ4n) is 2.72.